The summed E-state index contributed by atoms with van der Waals surface area (Å²) in [6, 6.07) is 8.40. The van der Waals surface area contributed by atoms with Crippen molar-refractivity contribution < 1.29 is 9.90 Å². The van der Waals surface area contributed by atoms with Gasteiger partial charge in [-0.2, -0.15) is 5.10 Å². The summed E-state index contributed by atoms with van der Waals surface area (Å²) in [5, 5.41) is 19.7. The lowest BCUT2D eigenvalue weighted by Gasteiger charge is -2.32. The standard InChI is InChI=1S/C23H30N4O2S2/c1-6-17-20(31-16-10-8-15(9-11-16)21-24-12-13-30-21)18(7-2)27(26-17)19(23(3,4)5)14-25-22(28)29/h8-13,19,25H,6-7,14H2,1-5H3,(H,28,29). The first-order valence-electron chi connectivity index (χ1n) is 10.5. The maximum atomic E-state index is 11.2. The van der Waals surface area contributed by atoms with Crippen molar-refractivity contribution in [3.05, 3.63) is 47.2 Å². The molecule has 0 saturated carbocycles. The number of nitrogens with one attached hydrogen (secondary N) is 1. The lowest BCUT2D eigenvalue weighted by molar-refractivity contribution is 0.177. The molecule has 3 rings (SSSR count). The summed E-state index contributed by atoms with van der Waals surface area (Å²) in [5.41, 5.74) is 3.17. The maximum absolute atomic E-state index is 11.2. The van der Waals surface area contributed by atoms with E-state index in [0.29, 0.717) is 6.54 Å². The molecule has 0 aliphatic heterocycles. The third kappa shape index (κ3) is 5.49. The molecule has 6 nitrogen and oxygen atoms in total. The highest BCUT2D eigenvalue weighted by Gasteiger charge is 2.31. The van der Waals surface area contributed by atoms with Crippen LogP contribution >= 0.6 is 23.1 Å². The van der Waals surface area contributed by atoms with Gasteiger partial charge in [-0.05, 0) is 30.4 Å². The Balaban J connectivity index is 1.95. The van der Waals surface area contributed by atoms with Crippen molar-refractivity contribution in [2.75, 3.05) is 6.54 Å². The molecule has 1 aromatic carbocycles. The van der Waals surface area contributed by atoms with Crippen LogP contribution in [0.2, 0.25) is 0 Å². The number of aryl methyl sites for hydroxylation is 1. The fourth-order valence-electron chi connectivity index (χ4n) is 3.53. The quantitative estimate of drug-likeness (QED) is 0.424. The number of benzene rings is 1. The summed E-state index contributed by atoms with van der Waals surface area (Å²) in [5.74, 6) is 0. The van der Waals surface area contributed by atoms with E-state index in [4.69, 9.17) is 10.2 Å². The van der Waals surface area contributed by atoms with Crippen LogP contribution in [-0.2, 0) is 12.8 Å². The van der Waals surface area contributed by atoms with Crippen molar-refractivity contribution in [1.82, 2.24) is 20.1 Å². The fourth-order valence-corrected chi connectivity index (χ4v) is 5.34. The maximum Gasteiger partial charge on any atom is 0.404 e. The Bertz CT molecular complexity index is 1010. The Morgan fingerprint density at radius 3 is 2.45 bits per heavy atom. The minimum absolute atomic E-state index is 0.0783. The zero-order chi connectivity index (χ0) is 22.6. The highest BCUT2D eigenvalue weighted by Crippen LogP contribution is 2.39. The highest BCUT2D eigenvalue weighted by molar-refractivity contribution is 7.99. The molecule has 2 heterocycles. The zero-order valence-corrected chi connectivity index (χ0v) is 20.3. The van der Waals surface area contributed by atoms with Crippen LogP contribution in [-0.4, -0.2) is 32.5 Å². The Morgan fingerprint density at radius 2 is 1.94 bits per heavy atom. The molecule has 8 heteroatoms. The third-order valence-corrected chi connectivity index (χ3v) is 7.20. The molecule has 3 aromatic rings. The molecule has 2 N–H and O–H groups in total. The zero-order valence-electron chi connectivity index (χ0n) is 18.7. The molecule has 1 unspecified atom stereocenters. The van der Waals surface area contributed by atoms with Crippen LogP contribution < -0.4 is 5.32 Å². The van der Waals surface area contributed by atoms with Gasteiger partial charge in [0.25, 0.3) is 0 Å². The van der Waals surface area contributed by atoms with Gasteiger partial charge in [0, 0.05) is 28.6 Å². The molecular weight excluding hydrogens is 428 g/mol. The third-order valence-electron chi connectivity index (χ3n) is 5.19. The molecule has 0 aliphatic rings. The molecule has 0 saturated heterocycles. The Kier molecular flexibility index (Phi) is 7.43. The van der Waals surface area contributed by atoms with E-state index in [9.17, 15) is 4.79 Å². The van der Waals surface area contributed by atoms with Crippen LogP contribution in [0.3, 0.4) is 0 Å². The molecule has 0 bridgehead atoms. The molecule has 0 spiro atoms. The van der Waals surface area contributed by atoms with Crippen LogP contribution in [0.5, 0.6) is 0 Å². The van der Waals surface area contributed by atoms with E-state index in [1.54, 1.807) is 23.1 Å². The van der Waals surface area contributed by atoms with Gasteiger partial charge in [-0.15, -0.1) is 11.3 Å². The van der Waals surface area contributed by atoms with Gasteiger partial charge >= 0.3 is 6.09 Å². The van der Waals surface area contributed by atoms with Crippen LogP contribution in [0.4, 0.5) is 4.79 Å². The number of aromatic nitrogens is 3. The van der Waals surface area contributed by atoms with Gasteiger partial charge in [0.05, 0.1) is 22.3 Å². The second-order valence-electron chi connectivity index (χ2n) is 8.41. The van der Waals surface area contributed by atoms with Gasteiger partial charge in [0.15, 0.2) is 0 Å². The number of hydrogen-bond acceptors (Lipinski definition) is 5. The van der Waals surface area contributed by atoms with Gasteiger partial charge in [-0.1, -0.05) is 58.5 Å². The lowest BCUT2D eigenvalue weighted by Crippen LogP contribution is -2.37. The summed E-state index contributed by atoms with van der Waals surface area (Å²) < 4.78 is 2.06. The van der Waals surface area contributed by atoms with Crippen molar-refractivity contribution in [1.29, 1.82) is 0 Å². The average molecular weight is 459 g/mol. The molecule has 1 atom stereocenters. The fraction of sp³-hybridized carbons (Fsp3) is 0.435. The van der Waals surface area contributed by atoms with Crippen molar-refractivity contribution in [3.8, 4) is 10.6 Å². The summed E-state index contributed by atoms with van der Waals surface area (Å²) in [6.07, 6.45) is 2.46. The Labute approximate surface area is 192 Å². The molecule has 31 heavy (non-hydrogen) atoms. The van der Waals surface area contributed by atoms with E-state index in [2.05, 4.69) is 73.9 Å². The normalized spacial score (nSPS) is 12.7. The minimum atomic E-state index is -1.01. The molecule has 0 fully saturated rings. The van der Waals surface area contributed by atoms with Crippen molar-refractivity contribution in [2.24, 2.45) is 5.41 Å². The Morgan fingerprint density at radius 1 is 1.23 bits per heavy atom. The first-order valence-corrected chi connectivity index (χ1v) is 12.2. The number of nitrogens with zero attached hydrogens (tertiary/aromatic N) is 3. The molecule has 0 radical (unpaired) electrons. The number of carboxylic acid groups (broad SMARTS) is 1. The monoisotopic (exact) mass is 458 g/mol. The average Bonchev–Trinajstić information content (AvgIpc) is 3.36. The second-order valence-corrected chi connectivity index (χ2v) is 10.4. The Hall–Kier alpha value is -2.32. The van der Waals surface area contributed by atoms with E-state index in [-0.39, 0.29) is 11.5 Å². The number of hydrogen-bond donors (Lipinski definition) is 2. The van der Waals surface area contributed by atoms with Gasteiger partial charge in [-0.3, -0.25) is 4.68 Å². The van der Waals surface area contributed by atoms with Gasteiger partial charge < -0.3 is 10.4 Å². The topological polar surface area (TPSA) is 80.0 Å². The van der Waals surface area contributed by atoms with Gasteiger partial charge in [0.2, 0.25) is 0 Å². The molecule has 1 amide bonds. The summed E-state index contributed by atoms with van der Waals surface area (Å²) >= 11 is 3.37. The minimum Gasteiger partial charge on any atom is -0.465 e. The van der Waals surface area contributed by atoms with Crippen LogP contribution in [0.15, 0.2) is 45.6 Å². The first kappa shape index (κ1) is 23.3. The SMILES string of the molecule is CCc1nn(C(CNC(=O)O)C(C)(C)C)c(CC)c1Sc1ccc(-c2nccs2)cc1. The molecular formula is C23H30N4O2S2. The summed E-state index contributed by atoms with van der Waals surface area (Å²) in [7, 11) is 0. The molecule has 0 aliphatic carbocycles. The van der Waals surface area contributed by atoms with Crippen LogP contribution in [0.1, 0.15) is 52.0 Å². The van der Waals surface area contributed by atoms with E-state index >= 15 is 0 Å². The second kappa shape index (κ2) is 9.87. The predicted molar refractivity (Wildman–Crippen MR) is 127 cm³/mol. The van der Waals surface area contributed by atoms with E-state index in [1.807, 2.05) is 11.6 Å². The van der Waals surface area contributed by atoms with Gasteiger partial charge in [0.1, 0.15) is 5.01 Å². The van der Waals surface area contributed by atoms with Gasteiger partial charge in [-0.25, -0.2) is 9.78 Å². The van der Waals surface area contributed by atoms with Crippen molar-refractivity contribution in [3.63, 3.8) is 0 Å². The molecule has 2 aromatic heterocycles. The largest absolute Gasteiger partial charge is 0.465 e. The van der Waals surface area contributed by atoms with Crippen LogP contribution in [0, 0.1) is 5.41 Å². The number of rotatable bonds is 8. The summed E-state index contributed by atoms with van der Waals surface area (Å²) in [4.78, 5) is 17.9. The predicted octanol–water partition coefficient (Wildman–Crippen LogP) is 6.14. The first-order chi connectivity index (χ1) is 14.7. The highest BCUT2D eigenvalue weighted by atomic mass is 32.2. The number of carbonyl (C=O) groups is 1. The van der Waals surface area contributed by atoms with Crippen molar-refractivity contribution >= 4 is 29.2 Å². The van der Waals surface area contributed by atoms with E-state index < -0.39 is 6.09 Å². The smallest absolute Gasteiger partial charge is 0.404 e. The number of amides is 1. The van der Waals surface area contributed by atoms with E-state index in [0.717, 1.165) is 39.7 Å². The number of thiazole rings is 1. The summed E-state index contributed by atoms with van der Waals surface area (Å²) in [6.45, 7) is 10.9. The lowest BCUT2D eigenvalue weighted by atomic mass is 9.86. The van der Waals surface area contributed by atoms with Crippen molar-refractivity contribution in [2.45, 2.75) is 63.3 Å². The van der Waals surface area contributed by atoms with E-state index in [1.165, 1.54) is 4.90 Å². The molecule has 166 valence electrons. The van der Waals surface area contributed by atoms with Crippen LogP contribution in [0.25, 0.3) is 10.6 Å².